The van der Waals surface area contributed by atoms with Crippen molar-refractivity contribution in [3.05, 3.63) is 0 Å². The maximum absolute atomic E-state index is 2.38. The van der Waals surface area contributed by atoms with Gasteiger partial charge in [0.25, 0.3) is 0 Å². The van der Waals surface area contributed by atoms with Crippen LogP contribution in [0.4, 0.5) is 0 Å². The van der Waals surface area contributed by atoms with Crippen molar-refractivity contribution in [2.24, 2.45) is 0 Å². The van der Waals surface area contributed by atoms with Gasteiger partial charge in [-0.2, -0.15) is 11.8 Å². The summed E-state index contributed by atoms with van der Waals surface area (Å²) in [6, 6.07) is 0. The summed E-state index contributed by atoms with van der Waals surface area (Å²) in [6.07, 6.45) is 8.65. The molecule has 1 saturated carbocycles. The van der Waals surface area contributed by atoms with E-state index in [4.69, 9.17) is 0 Å². The van der Waals surface area contributed by atoms with Crippen molar-refractivity contribution in [1.29, 1.82) is 0 Å². The van der Waals surface area contributed by atoms with E-state index in [0.29, 0.717) is 4.75 Å². The quantitative estimate of drug-likeness (QED) is 0.635. The maximum atomic E-state index is 2.38. The first-order valence-electron chi connectivity index (χ1n) is 5.32. The number of rotatable bonds is 3. The zero-order chi connectivity index (χ0) is 9.03. The van der Waals surface area contributed by atoms with Crippen LogP contribution in [0.25, 0.3) is 0 Å². The molecule has 72 valence electrons. The molecule has 0 spiro atoms. The van der Waals surface area contributed by atoms with Crippen LogP contribution in [0.2, 0.25) is 0 Å². The van der Waals surface area contributed by atoms with Crippen LogP contribution in [0.3, 0.4) is 0 Å². The molecule has 0 aromatic rings. The average Bonchev–Trinajstić information content (AvgIpc) is 2.06. The van der Waals surface area contributed by atoms with Gasteiger partial charge in [0, 0.05) is 10.00 Å². The zero-order valence-electron chi connectivity index (χ0n) is 8.73. The molecule has 1 heteroatoms. The van der Waals surface area contributed by atoms with E-state index in [1.807, 2.05) is 0 Å². The zero-order valence-corrected chi connectivity index (χ0v) is 9.54. The van der Waals surface area contributed by atoms with Crippen LogP contribution < -0.4 is 0 Å². The molecule has 0 N–H and O–H groups in total. The molecular weight excluding hydrogens is 164 g/mol. The first-order valence-corrected chi connectivity index (χ1v) is 6.20. The Balaban J connectivity index is 2.28. The highest BCUT2D eigenvalue weighted by molar-refractivity contribution is 8.01. The van der Waals surface area contributed by atoms with Gasteiger partial charge >= 0.3 is 0 Å². The summed E-state index contributed by atoms with van der Waals surface area (Å²) in [5.74, 6) is 0. The van der Waals surface area contributed by atoms with Gasteiger partial charge in [0.15, 0.2) is 0 Å². The molecule has 0 aliphatic heterocycles. The first-order chi connectivity index (χ1) is 5.64. The van der Waals surface area contributed by atoms with Gasteiger partial charge in [-0.25, -0.2) is 0 Å². The molecule has 12 heavy (non-hydrogen) atoms. The highest BCUT2D eigenvalue weighted by Crippen LogP contribution is 2.38. The number of hydrogen-bond acceptors (Lipinski definition) is 1. The lowest BCUT2D eigenvalue weighted by molar-refractivity contribution is 0.510. The fourth-order valence-electron chi connectivity index (χ4n) is 1.72. The monoisotopic (exact) mass is 186 g/mol. The molecule has 0 radical (unpaired) electrons. The summed E-state index contributed by atoms with van der Waals surface area (Å²) in [7, 11) is 0. The molecule has 0 amide bonds. The van der Waals surface area contributed by atoms with Crippen LogP contribution in [-0.2, 0) is 0 Å². The van der Waals surface area contributed by atoms with Crippen molar-refractivity contribution in [3.8, 4) is 0 Å². The van der Waals surface area contributed by atoms with Gasteiger partial charge in [0.1, 0.15) is 0 Å². The van der Waals surface area contributed by atoms with Crippen LogP contribution in [0.5, 0.6) is 0 Å². The highest BCUT2D eigenvalue weighted by Gasteiger charge is 2.23. The van der Waals surface area contributed by atoms with Crippen molar-refractivity contribution in [2.45, 2.75) is 69.3 Å². The molecule has 1 fully saturated rings. The Morgan fingerprint density at radius 2 is 1.75 bits per heavy atom. The minimum Gasteiger partial charge on any atom is -0.152 e. The molecule has 0 aromatic carbocycles. The molecule has 0 atom stereocenters. The molecule has 0 nitrogen and oxygen atoms in total. The van der Waals surface area contributed by atoms with Crippen molar-refractivity contribution in [3.63, 3.8) is 0 Å². The van der Waals surface area contributed by atoms with Crippen LogP contribution in [0, 0.1) is 0 Å². The van der Waals surface area contributed by atoms with Crippen molar-refractivity contribution >= 4 is 11.8 Å². The van der Waals surface area contributed by atoms with Gasteiger partial charge in [-0.1, -0.05) is 40.0 Å². The Morgan fingerprint density at radius 1 is 1.17 bits per heavy atom. The summed E-state index contributed by atoms with van der Waals surface area (Å²) >= 11 is 2.22. The molecule has 1 aliphatic rings. The van der Waals surface area contributed by atoms with Gasteiger partial charge in [-0.05, 0) is 19.3 Å². The van der Waals surface area contributed by atoms with Crippen molar-refractivity contribution in [2.75, 3.05) is 0 Å². The minimum absolute atomic E-state index is 0.516. The third kappa shape index (κ3) is 3.38. The predicted octanol–water partition coefficient (Wildman–Crippen LogP) is 4.24. The largest absolute Gasteiger partial charge is 0.152 e. The van der Waals surface area contributed by atoms with E-state index in [-0.39, 0.29) is 0 Å². The number of thioether (sulfide) groups is 1. The second-order valence-corrected chi connectivity index (χ2v) is 6.50. The molecule has 1 aliphatic carbocycles. The van der Waals surface area contributed by atoms with Gasteiger partial charge in [0.05, 0.1) is 0 Å². The van der Waals surface area contributed by atoms with E-state index in [2.05, 4.69) is 32.5 Å². The Morgan fingerprint density at radius 3 is 2.25 bits per heavy atom. The molecule has 0 heterocycles. The van der Waals surface area contributed by atoms with Gasteiger partial charge in [0.2, 0.25) is 0 Å². The van der Waals surface area contributed by atoms with Crippen molar-refractivity contribution < 1.29 is 0 Å². The normalized spacial score (nSPS) is 21.2. The van der Waals surface area contributed by atoms with Crippen LogP contribution in [0.15, 0.2) is 0 Å². The van der Waals surface area contributed by atoms with Crippen LogP contribution in [-0.4, -0.2) is 10.00 Å². The molecule has 0 bridgehead atoms. The predicted molar refractivity (Wildman–Crippen MR) is 58.8 cm³/mol. The van der Waals surface area contributed by atoms with E-state index < -0.39 is 0 Å². The lowest BCUT2D eigenvalue weighted by Crippen LogP contribution is -2.20. The maximum Gasteiger partial charge on any atom is 0.0103 e. The fourth-order valence-corrected chi connectivity index (χ4v) is 3.36. The molecule has 0 unspecified atom stereocenters. The van der Waals surface area contributed by atoms with E-state index in [1.54, 1.807) is 0 Å². The van der Waals surface area contributed by atoms with E-state index in [9.17, 15) is 0 Å². The summed E-state index contributed by atoms with van der Waals surface area (Å²) in [6.45, 7) is 7.06. The fraction of sp³-hybridized carbons (Fsp3) is 1.00. The first kappa shape index (κ1) is 10.4. The summed E-state index contributed by atoms with van der Waals surface area (Å²) in [4.78, 5) is 0. The highest BCUT2D eigenvalue weighted by atomic mass is 32.2. The van der Waals surface area contributed by atoms with E-state index in [1.165, 1.54) is 38.5 Å². The van der Waals surface area contributed by atoms with Gasteiger partial charge in [-0.15, -0.1) is 0 Å². The van der Waals surface area contributed by atoms with Crippen molar-refractivity contribution in [1.82, 2.24) is 0 Å². The molecular formula is C11H22S. The Hall–Kier alpha value is 0.350. The lowest BCUT2D eigenvalue weighted by atomic mass is 10.0. The minimum atomic E-state index is 0.516. The van der Waals surface area contributed by atoms with E-state index in [0.717, 1.165) is 5.25 Å². The second kappa shape index (κ2) is 4.55. The summed E-state index contributed by atoms with van der Waals surface area (Å²) < 4.78 is 0.516. The standard InChI is InChI=1S/C11H22S/c1-4-11(2,3)12-10-8-6-5-7-9-10/h10H,4-9H2,1-3H3. The topological polar surface area (TPSA) is 0 Å². The van der Waals surface area contributed by atoms with E-state index >= 15 is 0 Å². The SMILES string of the molecule is CCC(C)(C)SC1CCCCC1. The Labute approximate surface area is 81.5 Å². The van der Waals surface area contributed by atoms with Gasteiger partial charge < -0.3 is 0 Å². The molecule has 0 saturated heterocycles. The lowest BCUT2D eigenvalue weighted by Gasteiger charge is -2.30. The third-order valence-electron chi connectivity index (χ3n) is 2.89. The van der Waals surface area contributed by atoms with Crippen LogP contribution >= 0.6 is 11.8 Å². The third-order valence-corrected chi connectivity index (χ3v) is 4.62. The van der Waals surface area contributed by atoms with Crippen LogP contribution in [0.1, 0.15) is 59.3 Å². The average molecular weight is 186 g/mol. The Bertz CT molecular complexity index is 123. The molecule has 0 aromatic heterocycles. The number of hydrogen-bond donors (Lipinski definition) is 0. The molecule has 1 rings (SSSR count). The second-order valence-electron chi connectivity index (χ2n) is 4.49. The van der Waals surface area contributed by atoms with Gasteiger partial charge in [-0.3, -0.25) is 0 Å². The smallest absolute Gasteiger partial charge is 0.0103 e. The Kier molecular flexibility index (Phi) is 3.95. The summed E-state index contributed by atoms with van der Waals surface area (Å²) in [5, 5.41) is 0.966. The summed E-state index contributed by atoms with van der Waals surface area (Å²) in [5.41, 5.74) is 0.